The van der Waals surface area contributed by atoms with Gasteiger partial charge in [-0.2, -0.15) is 0 Å². The van der Waals surface area contributed by atoms with Gasteiger partial charge in [-0.15, -0.1) is 0 Å². The van der Waals surface area contributed by atoms with Crippen molar-refractivity contribution in [3.8, 4) is 5.75 Å². The highest BCUT2D eigenvalue weighted by molar-refractivity contribution is 5.78. The second-order valence-corrected chi connectivity index (χ2v) is 8.99. The molecule has 1 saturated carbocycles. The van der Waals surface area contributed by atoms with Crippen LogP contribution in [0.2, 0.25) is 0 Å². The Hall–Kier alpha value is -2.82. The number of aromatic nitrogens is 2. The molecule has 0 saturated heterocycles. The minimum absolute atomic E-state index is 0.218. The summed E-state index contributed by atoms with van der Waals surface area (Å²) in [6, 6.07) is 14.5. The lowest BCUT2D eigenvalue weighted by Gasteiger charge is -2.20. The molecule has 0 atom stereocenters. The van der Waals surface area contributed by atoms with Crippen molar-refractivity contribution in [3.63, 3.8) is 0 Å². The molecule has 0 bridgehead atoms. The van der Waals surface area contributed by atoms with Crippen LogP contribution in [-0.2, 0) is 17.8 Å². The topological polar surface area (TPSA) is 56.1 Å². The number of para-hydroxylation sites is 2. The maximum Gasteiger partial charge on any atom is 0.223 e. The lowest BCUT2D eigenvalue weighted by molar-refractivity contribution is -0.125. The Kier molecular flexibility index (Phi) is 7.46. The van der Waals surface area contributed by atoms with Crippen molar-refractivity contribution in [2.75, 3.05) is 13.2 Å². The summed E-state index contributed by atoms with van der Waals surface area (Å²) in [5.74, 6) is 2.42. The van der Waals surface area contributed by atoms with E-state index in [0.29, 0.717) is 13.2 Å². The van der Waals surface area contributed by atoms with Crippen LogP contribution in [-0.4, -0.2) is 28.6 Å². The summed E-state index contributed by atoms with van der Waals surface area (Å²) >= 11 is 0. The van der Waals surface area contributed by atoms with Gasteiger partial charge in [0, 0.05) is 18.9 Å². The number of rotatable bonds is 9. The van der Waals surface area contributed by atoms with Gasteiger partial charge in [0.2, 0.25) is 5.91 Å². The minimum Gasteiger partial charge on any atom is -0.492 e. The van der Waals surface area contributed by atoms with Gasteiger partial charge in [-0.25, -0.2) is 4.98 Å². The first-order valence-corrected chi connectivity index (χ1v) is 12.0. The summed E-state index contributed by atoms with van der Waals surface area (Å²) in [5, 5.41) is 3.15. The third-order valence-electron chi connectivity index (χ3n) is 6.65. The van der Waals surface area contributed by atoms with Gasteiger partial charge >= 0.3 is 0 Å². The van der Waals surface area contributed by atoms with Crippen LogP contribution in [0.1, 0.15) is 55.5 Å². The molecule has 0 spiro atoms. The van der Waals surface area contributed by atoms with Crippen molar-refractivity contribution in [3.05, 3.63) is 59.4 Å². The van der Waals surface area contributed by atoms with Crippen LogP contribution >= 0.6 is 0 Å². The first kappa shape index (κ1) is 22.4. The Balaban J connectivity index is 1.34. The second kappa shape index (κ2) is 10.7. The molecule has 1 N–H and O–H groups in total. The van der Waals surface area contributed by atoms with Gasteiger partial charge in [0.1, 0.15) is 18.2 Å². The zero-order chi connectivity index (χ0) is 22.3. The minimum atomic E-state index is 0.218. The Morgan fingerprint density at radius 2 is 1.91 bits per heavy atom. The van der Waals surface area contributed by atoms with Gasteiger partial charge in [-0.3, -0.25) is 4.79 Å². The molecule has 0 aliphatic heterocycles. The monoisotopic (exact) mass is 433 g/mol. The van der Waals surface area contributed by atoms with Crippen LogP contribution in [0.3, 0.4) is 0 Å². The molecule has 0 radical (unpaired) electrons. The molecule has 1 aliphatic rings. The van der Waals surface area contributed by atoms with Gasteiger partial charge in [-0.05, 0) is 68.5 Å². The molecule has 2 aromatic carbocycles. The molecule has 0 unspecified atom stereocenters. The van der Waals surface area contributed by atoms with Crippen molar-refractivity contribution in [2.45, 2.75) is 65.3 Å². The van der Waals surface area contributed by atoms with Crippen LogP contribution in [0.5, 0.6) is 5.75 Å². The zero-order valence-corrected chi connectivity index (χ0v) is 19.4. The highest BCUT2D eigenvalue weighted by atomic mass is 16.5. The number of carbonyl (C=O) groups excluding carboxylic acids is 1. The van der Waals surface area contributed by atoms with Gasteiger partial charge < -0.3 is 14.6 Å². The number of aryl methyl sites for hydroxylation is 3. The summed E-state index contributed by atoms with van der Waals surface area (Å²) in [4.78, 5) is 17.3. The van der Waals surface area contributed by atoms with E-state index in [0.717, 1.165) is 54.8 Å². The molecule has 1 amide bonds. The van der Waals surface area contributed by atoms with Gasteiger partial charge in [0.15, 0.2) is 0 Å². The number of nitrogens with one attached hydrogen (secondary N) is 1. The summed E-state index contributed by atoms with van der Waals surface area (Å²) in [6.45, 7) is 6.26. The normalized spacial score (nSPS) is 14.6. The van der Waals surface area contributed by atoms with Gasteiger partial charge in [0.25, 0.3) is 0 Å². The fourth-order valence-electron chi connectivity index (χ4n) is 4.59. The summed E-state index contributed by atoms with van der Waals surface area (Å²) in [6.07, 6.45) is 7.46. The van der Waals surface area contributed by atoms with E-state index in [1.165, 1.54) is 30.4 Å². The maximum absolute atomic E-state index is 12.4. The average Bonchev–Trinajstić information content (AvgIpc) is 3.17. The Labute approximate surface area is 191 Å². The molecule has 1 heterocycles. The molecule has 1 aromatic heterocycles. The molecule has 170 valence electrons. The van der Waals surface area contributed by atoms with E-state index in [2.05, 4.69) is 54.1 Å². The SMILES string of the molecule is Cc1ccc(OCCn2c(CCCNC(=O)C3CCCCC3)nc3ccccc32)cc1C. The molecule has 5 heteroatoms. The van der Waals surface area contributed by atoms with Crippen molar-refractivity contribution in [1.82, 2.24) is 14.9 Å². The van der Waals surface area contributed by atoms with E-state index < -0.39 is 0 Å². The highest BCUT2D eigenvalue weighted by Gasteiger charge is 2.20. The van der Waals surface area contributed by atoms with Crippen LogP contribution < -0.4 is 10.1 Å². The molecule has 1 aliphatic carbocycles. The molecule has 3 aromatic rings. The smallest absolute Gasteiger partial charge is 0.223 e. The number of nitrogens with zero attached hydrogens (tertiary/aromatic N) is 2. The predicted octanol–water partition coefficient (Wildman–Crippen LogP) is 5.36. The number of carbonyl (C=O) groups is 1. The lowest BCUT2D eigenvalue weighted by atomic mass is 9.89. The summed E-state index contributed by atoms with van der Waals surface area (Å²) in [7, 11) is 0. The number of ether oxygens (including phenoxy) is 1. The number of imidazole rings is 1. The Morgan fingerprint density at radius 3 is 2.72 bits per heavy atom. The Morgan fingerprint density at radius 1 is 1.09 bits per heavy atom. The molecular weight excluding hydrogens is 398 g/mol. The van der Waals surface area contributed by atoms with Gasteiger partial charge in [-0.1, -0.05) is 37.5 Å². The van der Waals surface area contributed by atoms with Crippen LogP contribution in [0, 0.1) is 19.8 Å². The molecule has 5 nitrogen and oxygen atoms in total. The van der Waals surface area contributed by atoms with Crippen molar-refractivity contribution in [2.24, 2.45) is 5.92 Å². The molecule has 1 fully saturated rings. The van der Waals surface area contributed by atoms with Crippen molar-refractivity contribution >= 4 is 16.9 Å². The second-order valence-electron chi connectivity index (χ2n) is 8.99. The van der Waals surface area contributed by atoms with E-state index >= 15 is 0 Å². The quantitative estimate of drug-likeness (QED) is 0.462. The van der Waals surface area contributed by atoms with Crippen LogP contribution in [0.4, 0.5) is 0 Å². The highest BCUT2D eigenvalue weighted by Crippen LogP contribution is 2.23. The molecule has 32 heavy (non-hydrogen) atoms. The van der Waals surface area contributed by atoms with Crippen LogP contribution in [0.25, 0.3) is 11.0 Å². The number of benzene rings is 2. The van der Waals surface area contributed by atoms with Gasteiger partial charge in [0.05, 0.1) is 17.6 Å². The standard InChI is InChI=1S/C27H35N3O2/c1-20-14-15-23(19-21(20)2)32-18-17-30-25-12-7-6-11-24(25)29-26(30)13-8-16-28-27(31)22-9-4-3-5-10-22/h6-7,11-12,14-15,19,22H,3-5,8-10,13,16-18H2,1-2H3,(H,28,31). The van der Waals surface area contributed by atoms with E-state index in [1.54, 1.807) is 0 Å². The maximum atomic E-state index is 12.4. The summed E-state index contributed by atoms with van der Waals surface area (Å²) < 4.78 is 8.30. The molecular formula is C27H35N3O2. The average molecular weight is 434 g/mol. The predicted molar refractivity (Wildman–Crippen MR) is 129 cm³/mol. The largest absolute Gasteiger partial charge is 0.492 e. The van der Waals surface area contributed by atoms with E-state index in [-0.39, 0.29) is 11.8 Å². The van der Waals surface area contributed by atoms with E-state index in [4.69, 9.17) is 9.72 Å². The summed E-state index contributed by atoms with van der Waals surface area (Å²) in [5.41, 5.74) is 4.67. The lowest BCUT2D eigenvalue weighted by Crippen LogP contribution is -2.32. The first-order chi connectivity index (χ1) is 15.6. The van der Waals surface area contributed by atoms with E-state index in [9.17, 15) is 4.79 Å². The number of hydrogen-bond donors (Lipinski definition) is 1. The Bertz CT molecular complexity index is 1050. The van der Waals surface area contributed by atoms with Crippen molar-refractivity contribution < 1.29 is 9.53 Å². The number of hydrogen-bond acceptors (Lipinski definition) is 3. The number of amides is 1. The fourth-order valence-corrected chi connectivity index (χ4v) is 4.59. The fraction of sp³-hybridized carbons (Fsp3) is 0.481. The first-order valence-electron chi connectivity index (χ1n) is 12.0. The number of fused-ring (bicyclic) bond motifs is 1. The third-order valence-corrected chi connectivity index (χ3v) is 6.65. The zero-order valence-electron chi connectivity index (χ0n) is 19.4. The van der Waals surface area contributed by atoms with E-state index in [1.807, 2.05) is 12.1 Å². The van der Waals surface area contributed by atoms with Crippen LogP contribution in [0.15, 0.2) is 42.5 Å². The van der Waals surface area contributed by atoms with Crippen molar-refractivity contribution in [1.29, 1.82) is 0 Å². The molecule has 4 rings (SSSR count). The third kappa shape index (κ3) is 5.50.